The number of aliphatic carboxylic acids is 1. The number of methoxy groups -OCH3 is 1. The largest absolute Gasteiger partial charge is 0.481 e. The van der Waals surface area contributed by atoms with Gasteiger partial charge in [0.1, 0.15) is 5.25 Å². The molecule has 0 aliphatic heterocycles. The van der Waals surface area contributed by atoms with Gasteiger partial charge in [0.2, 0.25) is 5.88 Å². The van der Waals surface area contributed by atoms with Crippen molar-refractivity contribution in [1.82, 2.24) is 4.98 Å². The molecule has 0 saturated heterocycles. The number of carboxylic acids is 1. The van der Waals surface area contributed by atoms with Crippen molar-refractivity contribution >= 4 is 16.8 Å². The van der Waals surface area contributed by atoms with Crippen molar-refractivity contribution in [2.75, 3.05) is 7.11 Å². The molecule has 0 amide bonds. The average molecular weight is 243 g/mol. The monoisotopic (exact) mass is 243 g/mol. The lowest BCUT2D eigenvalue weighted by Crippen LogP contribution is -2.23. The fourth-order valence-corrected chi connectivity index (χ4v) is 1.96. The maximum absolute atomic E-state index is 11.6. The molecule has 0 saturated carbocycles. The van der Waals surface area contributed by atoms with Crippen molar-refractivity contribution in [3.8, 4) is 5.88 Å². The molecule has 0 aromatic carbocycles. The number of hydrogen-bond donors (Lipinski definition) is 1. The Balaban J connectivity index is 2.73. The van der Waals surface area contributed by atoms with Gasteiger partial charge >= 0.3 is 5.97 Å². The summed E-state index contributed by atoms with van der Waals surface area (Å²) in [5, 5.41) is 7.80. The van der Waals surface area contributed by atoms with Crippen molar-refractivity contribution in [3.63, 3.8) is 0 Å². The summed E-state index contributed by atoms with van der Waals surface area (Å²) in [6.07, 6.45) is 0. The van der Waals surface area contributed by atoms with Crippen molar-refractivity contribution in [3.05, 3.63) is 23.9 Å². The molecule has 1 rings (SSSR count). The Morgan fingerprint density at radius 1 is 1.62 bits per heavy atom. The van der Waals surface area contributed by atoms with E-state index in [1.54, 1.807) is 18.2 Å². The first kappa shape index (κ1) is 12.6. The van der Waals surface area contributed by atoms with Crippen LogP contribution >= 0.6 is 0 Å². The van der Waals surface area contributed by atoms with E-state index in [0.29, 0.717) is 11.6 Å². The third-order valence-corrected chi connectivity index (χ3v) is 3.59. The molecule has 0 bridgehead atoms. The highest BCUT2D eigenvalue weighted by molar-refractivity contribution is 7.85. The minimum Gasteiger partial charge on any atom is -0.481 e. The van der Waals surface area contributed by atoms with Crippen LogP contribution in [0.3, 0.4) is 0 Å². The number of carboxylic acid groups (broad SMARTS) is 1. The Bertz CT molecular complexity index is 408. The number of carbonyl (C=O) groups is 1. The first-order valence-corrected chi connectivity index (χ1v) is 6.02. The third-order valence-electron chi connectivity index (χ3n) is 2.02. The molecule has 16 heavy (non-hydrogen) atoms. The highest BCUT2D eigenvalue weighted by atomic mass is 32.2. The van der Waals surface area contributed by atoms with E-state index < -0.39 is 22.0 Å². The molecule has 1 aromatic rings. The molecule has 0 aliphatic carbocycles. The lowest BCUT2D eigenvalue weighted by Gasteiger charge is -2.06. The van der Waals surface area contributed by atoms with E-state index in [1.165, 1.54) is 14.0 Å². The zero-order chi connectivity index (χ0) is 12.1. The second-order valence-electron chi connectivity index (χ2n) is 3.18. The zero-order valence-electron chi connectivity index (χ0n) is 9.04. The maximum atomic E-state index is 11.6. The molecule has 0 aliphatic rings. The highest BCUT2D eigenvalue weighted by Gasteiger charge is 2.19. The van der Waals surface area contributed by atoms with Crippen LogP contribution in [0, 0.1) is 0 Å². The summed E-state index contributed by atoms with van der Waals surface area (Å²) in [6.45, 7) is 1.42. The Kier molecular flexibility index (Phi) is 4.42. The normalized spacial score (nSPS) is 14.1. The second-order valence-corrected chi connectivity index (χ2v) is 4.93. The van der Waals surface area contributed by atoms with Crippen molar-refractivity contribution in [2.24, 2.45) is 0 Å². The van der Waals surface area contributed by atoms with Crippen LogP contribution in [0.2, 0.25) is 0 Å². The molecule has 0 radical (unpaired) electrons. The molecule has 0 spiro atoms. The van der Waals surface area contributed by atoms with Gasteiger partial charge < -0.3 is 9.84 Å². The van der Waals surface area contributed by atoms with Gasteiger partial charge in [-0.05, 0) is 13.0 Å². The van der Waals surface area contributed by atoms with Crippen LogP contribution in [0.25, 0.3) is 0 Å². The van der Waals surface area contributed by atoms with Crippen LogP contribution in [0.15, 0.2) is 18.2 Å². The van der Waals surface area contributed by atoms with Gasteiger partial charge in [-0.1, -0.05) is 6.07 Å². The quantitative estimate of drug-likeness (QED) is 0.828. The maximum Gasteiger partial charge on any atom is 0.318 e. The van der Waals surface area contributed by atoms with Gasteiger partial charge in [0.25, 0.3) is 0 Å². The second kappa shape index (κ2) is 5.60. The van der Waals surface area contributed by atoms with E-state index >= 15 is 0 Å². The minimum absolute atomic E-state index is 0.116. The topological polar surface area (TPSA) is 76.5 Å². The predicted octanol–water partition coefficient (Wildman–Crippen LogP) is 0.812. The van der Waals surface area contributed by atoms with Crippen LogP contribution < -0.4 is 4.74 Å². The number of ether oxygens (including phenoxy) is 1. The number of aromatic nitrogens is 1. The summed E-state index contributed by atoms with van der Waals surface area (Å²) in [6, 6.07) is 5.09. The molecule has 1 heterocycles. The van der Waals surface area contributed by atoms with E-state index in [9.17, 15) is 9.00 Å². The van der Waals surface area contributed by atoms with Crippen LogP contribution in [0.4, 0.5) is 0 Å². The number of nitrogens with zero attached hydrogens (tertiary/aromatic N) is 1. The third kappa shape index (κ3) is 3.30. The van der Waals surface area contributed by atoms with Crippen LogP contribution in [0.5, 0.6) is 5.88 Å². The van der Waals surface area contributed by atoms with Gasteiger partial charge in [-0.25, -0.2) is 4.98 Å². The summed E-state index contributed by atoms with van der Waals surface area (Å²) in [4.78, 5) is 14.7. The predicted molar refractivity (Wildman–Crippen MR) is 59.7 cm³/mol. The number of rotatable bonds is 5. The molecule has 5 nitrogen and oxygen atoms in total. The Morgan fingerprint density at radius 3 is 2.88 bits per heavy atom. The van der Waals surface area contributed by atoms with Gasteiger partial charge in [-0.2, -0.15) is 0 Å². The fourth-order valence-electron chi connectivity index (χ4n) is 1.03. The molecule has 2 atom stereocenters. The van der Waals surface area contributed by atoms with Crippen LogP contribution in [0.1, 0.15) is 12.6 Å². The van der Waals surface area contributed by atoms with E-state index in [1.807, 2.05) is 0 Å². The van der Waals surface area contributed by atoms with E-state index in [2.05, 4.69) is 4.98 Å². The van der Waals surface area contributed by atoms with Crippen LogP contribution in [-0.2, 0) is 21.3 Å². The smallest absolute Gasteiger partial charge is 0.318 e. The van der Waals surface area contributed by atoms with Crippen molar-refractivity contribution < 1.29 is 18.8 Å². The van der Waals surface area contributed by atoms with Crippen molar-refractivity contribution in [2.45, 2.75) is 17.9 Å². The lowest BCUT2D eigenvalue weighted by atomic mass is 10.4. The van der Waals surface area contributed by atoms with Crippen molar-refractivity contribution in [1.29, 1.82) is 0 Å². The molecule has 2 unspecified atom stereocenters. The standard InChI is InChI=1S/C10H13NO4S/c1-7(10(12)13)16(14)6-8-4-3-5-9(11-8)15-2/h3-5,7H,6H2,1-2H3,(H,12,13). The van der Waals surface area contributed by atoms with Gasteiger partial charge in [-0.3, -0.25) is 9.00 Å². The van der Waals surface area contributed by atoms with E-state index in [4.69, 9.17) is 9.84 Å². The molecule has 88 valence electrons. The summed E-state index contributed by atoms with van der Waals surface area (Å²) < 4.78 is 16.5. The SMILES string of the molecule is COc1cccc(CS(=O)C(C)C(=O)O)n1. The van der Waals surface area contributed by atoms with E-state index in [0.717, 1.165) is 0 Å². The Morgan fingerprint density at radius 2 is 2.31 bits per heavy atom. The first-order chi connectivity index (χ1) is 7.54. The molecular weight excluding hydrogens is 230 g/mol. The molecule has 1 N–H and O–H groups in total. The summed E-state index contributed by atoms with van der Waals surface area (Å²) in [5.74, 6) is -0.524. The first-order valence-electron chi connectivity index (χ1n) is 4.64. The summed E-state index contributed by atoms with van der Waals surface area (Å²) in [5.41, 5.74) is 0.561. The van der Waals surface area contributed by atoms with Gasteiger partial charge in [0.15, 0.2) is 0 Å². The molecule has 1 aromatic heterocycles. The van der Waals surface area contributed by atoms with Gasteiger partial charge in [0.05, 0.1) is 18.6 Å². The number of hydrogen-bond acceptors (Lipinski definition) is 4. The highest BCUT2D eigenvalue weighted by Crippen LogP contribution is 2.10. The van der Waals surface area contributed by atoms with E-state index in [-0.39, 0.29) is 5.75 Å². The molecular formula is C10H13NO4S. The summed E-state index contributed by atoms with van der Waals surface area (Å²) >= 11 is 0. The Labute approximate surface area is 95.9 Å². The van der Waals surface area contributed by atoms with Crippen LogP contribution in [-0.4, -0.2) is 32.6 Å². The zero-order valence-corrected chi connectivity index (χ0v) is 9.86. The molecule has 0 fully saturated rings. The fraction of sp³-hybridized carbons (Fsp3) is 0.400. The minimum atomic E-state index is -1.47. The summed E-state index contributed by atoms with van der Waals surface area (Å²) in [7, 11) is 0.0153. The Hall–Kier alpha value is -1.43. The lowest BCUT2D eigenvalue weighted by molar-refractivity contribution is -0.136. The van der Waals surface area contributed by atoms with Gasteiger partial charge in [0, 0.05) is 16.9 Å². The van der Waals surface area contributed by atoms with Gasteiger partial charge in [-0.15, -0.1) is 0 Å². The molecule has 6 heteroatoms. The average Bonchev–Trinajstić information content (AvgIpc) is 2.28. The number of pyridine rings is 1.